The lowest BCUT2D eigenvalue weighted by Gasteiger charge is -2.51. The van der Waals surface area contributed by atoms with E-state index in [4.69, 9.17) is 0 Å². The first kappa shape index (κ1) is 18.4. The van der Waals surface area contributed by atoms with Crippen LogP contribution in [0.4, 0.5) is 0 Å². The van der Waals surface area contributed by atoms with E-state index in [0.29, 0.717) is 0 Å². The van der Waals surface area contributed by atoms with Crippen molar-refractivity contribution in [2.45, 2.75) is 134 Å². The van der Waals surface area contributed by atoms with Crippen molar-refractivity contribution in [1.82, 2.24) is 0 Å². The van der Waals surface area contributed by atoms with Crippen LogP contribution in [0, 0.1) is 11.7 Å². The molecule has 3 aliphatic carbocycles. The highest BCUT2D eigenvalue weighted by molar-refractivity contribution is 6.91. The van der Waals surface area contributed by atoms with Crippen LogP contribution in [0.15, 0.2) is 0 Å². The fourth-order valence-corrected chi connectivity index (χ4v) is 6.92. The highest BCUT2D eigenvalue weighted by Gasteiger charge is 2.45. The summed E-state index contributed by atoms with van der Waals surface area (Å²) in [4.78, 5) is 0. The van der Waals surface area contributed by atoms with Crippen LogP contribution >= 0.6 is 0 Å². The summed E-state index contributed by atoms with van der Waals surface area (Å²) in [5.74, 6) is 10.9. The van der Waals surface area contributed by atoms with Crippen molar-refractivity contribution in [3.63, 3.8) is 0 Å². The Hall–Kier alpha value is -0.375. The molecule has 1 heteroatoms. The predicted molar refractivity (Wildman–Crippen MR) is 109 cm³/mol. The fourth-order valence-electron chi connectivity index (χ4n) is 6.92. The van der Waals surface area contributed by atoms with Gasteiger partial charge in [-0.1, -0.05) is 103 Å². The maximum atomic E-state index is 4.15. The Bertz CT molecular complexity index is 370. The van der Waals surface area contributed by atoms with Gasteiger partial charge >= 0.3 is 0 Å². The van der Waals surface area contributed by atoms with Gasteiger partial charge < -0.3 is 5.82 Å². The van der Waals surface area contributed by atoms with Gasteiger partial charge in [-0.2, -0.15) is 23.4 Å². The number of rotatable bonds is 7. The number of unbranched alkanes of at least 4 members (excludes halogenated alkanes) is 4. The normalized spacial score (nSPS) is 23.7. The number of hydrogen-bond acceptors (Lipinski definition) is 0. The molecule has 0 unspecified atom stereocenters. The molecule has 3 rings (SSSR count). The molecular weight excluding hydrogens is 287 g/mol. The van der Waals surface area contributed by atoms with E-state index in [2.05, 4.69) is 18.7 Å². The average Bonchev–Trinajstić information content (AvgIpc) is 3.37. The molecule has 0 N–H and O–H groups in total. The second-order valence-corrected chi connectivity index (χ2v) is 9.34. The fraction of sp³-hybridized carbons (Fsp3) is 0.913. The third kappa shape index (κ3) is 4.06. The summed E-state index contributed by atoms with van der Waals surface area (Å²) in [6, 6.07) is 0. The third-order valence-electron chi connectivity index (χ3n) is 8.05. The highest BCUT2D eigenvalue weighted by Crippen LogP contribution is 2.58. The van der Waals surface area contributed by atoms with Crippen LogP contribution in [0.1, 0.15) is 116 Å². The SMILES string of the molecule is CCCCCCC#C[B-](C1CCCC1)(C1CCCC1)C1CCCC1. The van der Waals surface area contributed by atoms with Gasteiger partial charge in [-0.25, -0.2) is 0 Å². The van der Waals surface area contributed by atoms with Gasteiger partial charge in [-0.15, -0.1) is 0 Å². The minimum absolute atomic E-state index is 0.408. The monoisotopic (exact) mass is 327 g/mol. The van der Waals surface area contributed by atoms with Crippen molar-refractivity contribution in [2.24, 2.45) is 0 Å². The lowest BCUT2D eigenvalue weighted by molar-refractivity contribution is 0.678. The molecule has 136 valence electrons. The van der Waals surface area contributed by atoms with Crippen molar-refractivity contribution in [3.8, 4) is 11.7 Å². The summed E-state index contributed by atoms with van der Waals surface area (Å²) in [6.07, 6.45) is 24.3. The van der Waals surface area contributed by atoms with Gasteiger partial charge in [0, 0.05) is 6.42 Å². The summed E-state index contributed by atoms with van der Waals surface area (Å²) in [5, 5.41) is 0. The largest absolute Gasteiger partial charge is 0.314 e. The number of hydrogen-bond donors (Lipinski definition) is 0. The molecule has 0 nitrogen and oxygen atoms in total. The van der Waals surface area contributed by atoms with E-state index < -0.39 is 6.15 Å². The zero-order valence-corrected chi connectivity index (χ0v) is 16.3. The van der Waals surface area contributed by atoms with Crippen LogP contribution in [0.5, 0.6) is 0 Å². The van der Waals surface area contributed by atoms with Crippen LogP contribution in [0.3, 0.4) is 0 Å². The van der Waals surface area contributed by atoms with Crippen LogP contribution in [0.25, 0.3) is 0 Å². The molecule has 0 atom stereocenters. The molecule has 3 fully saturated rings. The third-order valence-corrected chi connectivity index (χ3v) is 8.05. The molecule has 24 heavy (non-hydrogen) atoms. The van der Waals surface area contributed by atoms with Crippen molar-refractivity contribution >= 4 is 6.15 Å². The summed E-state index contributed by atoms with van der Waals surface area (Å²) in [7, 11) is 0. The molecule has 0 aromatic carbocycles. The molecule has 3 saturated carbocycles. The molecule has 0 spiro atoms. The summed E-state index contributed by atoms with van der Waals surface area (Å²) in [6.45, 7) is 2.31. The van der Waals surface area contributed by atoms with Crippen LogP contribution in [-0.4, -0.2) is 6.15 Å². The van der Waals surface area contributed by atoms with Gasteiger partial charge in [0.1, 0.15) is 0 Å². The Morgan fingerprint density at radius 2 is 1.12 bits per heavy atom. The summed E-state index contributed by atoms with van der Waals surface area (Å²) >= 11 is 0. The highest BCUT2D eigenvalue weighted by atomic mass is 14.3. The molecular formula is C23H40B-. The predicted octanol–water partition coefficient (Wildman–Crippen LogP) is 7.78. The topological polar surface area (TPSA) is 0 Å². The van der Waals surface area contributed by atoms with E-state index >= 15 is 0 Å². The van der Waals surface area contributed by atoms with Gasteiger partial charge in [0.25, 0.3) is 0 Å². The molecule has 0 aromatic heterocycles. The van der Waals surface area contributed by atoms with Crippen LogP contribution in [0.2, 0.25) is 17.5 Å². The Morgan fingerprint density at radius 1 is 0.667 bits per heavy atom. The standard InChI is InChI=1S/C23H40B/c1-2-3-4-5-6-13-20-24(21-14-7-8-15-21,22-16-9-10-17-22)23-18-11-12-19-23/h21-23H,2-12,14-19H2,1H3/q-1. The van der Waals surface area contributed by atoms with E-state index in [1.807, 2.05) is 0 Å². The Morgan fingerprint density at radius 3 is 1.54 bits per heavy atom. The van der Waals surface area contributed by atoms with E-state index in [-0.39, 0.29) is 0 Å². The first-order valence-corrected chi connectivity index (χ1v) is 11.5. The minimum atomic E-state index is -0.408. The van der Waals surface area contributed by atoms with E-state index in [1.165, 1.54) is 109 Å². The van der Waals surface area contributed by atoms with Gasteiger partial charge in [-0.05, 0) is 6.42 Å². The minimum Gasteiger partial charge on any atom is -0.314 e. The molecule has 0 heterocycles. The lowest BCUT2D eigenvalue weighted by Crippen LogP contribution is -2.46. The second kappa shape index (κ2) is 9.36. The molecule has 0 bridgehead atoms. The molecule has 0 aliphatic heterocycles. The van der Waals surface area contributed by atoms with Crippen LogP contribution in [-0.2, 0) is 0 Å². The smallest absolute Gasteiger partial charge is 0.0796 e. The van der Waals surface area contributed by atoms with Crippen molar-refractivity contribution < 1.29 is 0 Å². The van der Waals surface area contributed by atoms with Crippen LogP contribution < -0.4 is 0 Å². The first-order chi connectivity index (χ1) is 11.9. The van der Waals surface area contributed by atoms with Crippen molar-refractivity contribution in [3.05, 3.63) is 0 Å². The zero-order valence-electron chi connectivity index (χ0n) is 16.3. The Balaban J connectivity index is 1.78. The van der Waals surface area contributed by atoms with Crippen molar-refractivity contribution in [2.75, 3.05) is 0 Å². The van der Waals surface area contributed by atoms with Gasteiger partial charge in [0.2, 0.25) is 0 Å². The summed E-state index contributed by atoms with van der Waals surface area (Å²) < 4.78 is 0. The van der Waals surface area contributed by atoms with E-state index in [1.54, 1.807) is 0 Å². The van der Waals surface area contributed by atoms with Gasteiger partial charge in [-0.3, -0.25) is 0 Å². The van der Waals surface area contributed by atoms with E-state index in [9.17, 15) is 0 Å². The lowest BCUT2D eigenvalue weighted by atomic mass is 9.08. The van der Waals surface area contributed by atoms with Gasteiger partial charge in [0.05, 0.1) is 6.15 Å². The second-order valence-electron chi connectivity index (χ2n) is 9.34. The Labute approximate surface area is 151 Å². The average molecular weight is 327 g/mol. The maximum Gasteiger partial charge on any atom is 0.0796 e. The zero-order chi connectivity index (χ0) is 16.7. The molecule has 3 aliphatic rings. The molecule has 0 saturated heterocycles. The van der Waals surface area contributed by atoms with Crippen molar-refractivity contribution in [1.29, 1.82) is 0 Å². The molecule has 0 radical (unpaired) electrons. The quantitative estimate of drug-likeness (QED) is 0.254. The summed E-state index contributed by atoms with van der Waals surface area (Å²) in [5.41, 5.74) is 0. The van der Waals surface area contributed by atoms with E-state index in [0.717, 1.165) is 17.5 Å². The van der Waals surface area contributed by atoms with Gasteiger partial charge in [0.15, 0.2) is 0 Å². The first-order valence-electron chi connectivity index (χ1n) is 11.5. The molecule has 0 amide bonds. The molecule has 0 aromatic rings. The maximum absolute atomic E-state index is 4.15. The Kier molecular flexibility index (Phi) is 7.18.